The quantitative estimate of drug-likeness (QED) is 0.177. The van der Waals surface area contributed by atoms with E-state index in [2.05, 4.69) is 22.6 Å². The topological polar surface area (TPSA) is 26.3 Å². The van der Waals surface area contributed by atoms with Crippen LogP contribution in [0, 0.1) is 44.8 Å². The minimum absolute atomic E-state index is 0. The number of allylic oxidation sites excluding steroid dienone is 1. The van der Waals surface area contributed by atoms with E-state index in [-0.39, 0.29) is 100 Å². The number of hydrogen-bond donors (Lipinski definition) is 0. The fourth-order valence-electron chi connectivity index (χ4n) is 0.488. The van der Waals surface area contributed by atoms with Gasteiger partial charge in [-0.15, -0.1) is 0 Å². The third kappa shape index (κ3) is 17.4. The molecule has 0 aromatic heterocycles. The molecule has 0 saturated heterocycles. The second kappa shape index (κ2) is 17.1. The number of carbonyl (C=O) groups is 1. The molecule has 0 aromatic carbocycles. The molecule has 2 nitrogen and oxygen atoms in total. The Morgan fingerprint density at radius 2 is 1.92 bits per heavy atom. The van der Waals surface area contributed by atoms with Gasteiger partial charge < -0.3 is 52.7 Å². The minimum atomic E-state index is -0.254. The summed E-state index contributed by atoms with van der Waals surface area (Å²) in [5, 5.41) is 0. The van der Waals surface area contributed by atoms with Crippen LogP contribution in [-0.2, 0) is 9.53 Å². The molecule has 1 unspecified atom stereocenters. The molecule has 79 valence electrons. The Balaban J connectivity index is -0.000000135. The summed E-state index contributed by atoms with van der Waals surface area (Å²) in [5.74, 6) is -0.254. The maximum atomic E-state index is 10.4. The zero-order valence-electron chi connectivity index (χ0n) is 7.17. The van der Waals surface area contributed by atoms with Crippen LogP contribution < -0.4 is 48.0 Å². The predicted octanol–water partition coefficient (Wildman–Crippen LogP) is -3.90. The van der Waals surface area contributed by atoms with Crippen molar-refractivity contribution in [3.63, 3.8) is 0 Å². The number of hydrogen-bond acceptors (Lipinski definition) is 2. The third-order valence-electron chi connectivity index (χ3n) is 0.808. The van der Waals surface area contributed by atoms with Gasteiger partial charge in [-0.05, 0) is 13.0 Å². The van der Waals surface area contributed by atoms with Crippen LogP contribution in [0.15, 0.2) is 12.2 Å². The summed E-state index contributed by atoms with van der Waals surface area (Å²) in [4.78, 5) is 10.4. The van der Waals surface area contributed by atoms with E-state index in [9.17, 15) is 4.79 Å². The zero-order chi connectivity index (χ0) is 7.98. The Bertz CT molecular complexity index is 142. The van der Waals surface area contributed by atoms with Crippen molar-refractivity contribution >= 4 is 28.6 Å². The van der Waals surface area contributed by atoms with Crippen LogP contribution in [0.4, 0.5) is 0 Å². The van der Waals surface area contributed by atoms with E-state index in [4.69, 9.17) is 4.74 Å². The van der Waals surface area contributed by atoms with E-state index >= 15 is 0 Å². The average molecular weight is 657 g/mol. The maximum Gasteiger partial charge on any atom is 0.303 e. The molecule has 0 aliphatic carbocycles. The minimum Gasteiger partial charge on any atom is -1.00 e. The van der Waals surface area contributed by atoms with E-state index in [0.29, 0.717) is 0 Å². The van der Waals surface area contributed by atoms with Crippen LogP contribution in [-0.4, -0.2) is 12.1 Å². The van der Waals surface area contributed by atoms with Crippen molar-refractivity contribution < 1.29 is 97.9 Å². The van der Waals surface area contributed by atoms with E-state index in [1.54, 1.807) is 4.43 Å². The van der Waals surface area contributed by atoms with Gasteiger partial charge in [-0.3, -0.25) is 4.79 Å². The Kier molecular flexibility index (Phi) is 32.7. The predicted molar refractivity (Wildman–Crippen MR) is 48.7 cm³/mol. The SMILES string of the molecule is C/C=C/C([CH]I)OC(C)=O.[I-].[I-].[Sm]. The number of carbonyl (C=O) groups excluding carboxylic acids is 1. The van der Waals surface area contributed by atoms with E-state index in [0.717, 1.165) is 0 Å². The molecule has 0 N–H and O–H groups in total. The van der Waals surface area contributed by atoms with Crippen molar-refractivity contribution in [3.05, 3.63) is 16.6 Å². The molecule has 0 aromatic rings. The number of halogens is 3. The second-order valence-corrected chi connectivity index (χ2v) is 2.44. The molecule has 0 aliphatic rings. The summed E-state index contributed by atoms with van der Waals surface area (Å²) in [6, 6.07) is 0. The van der Waals surface area contributed by atoms with Crippen molar-refractivity contribution in [1.82, 2.24) is 0 Å². The van der Waals surface area contributed by atoms with Crippen molar-refractivity contribution in [2.24, 2.45) is 0 Å². The fourth-order valence-corrected chi connectivity index (χ4v) is 0.875. The van der Waals surface area contributed by atoms with Crippen LogP contribution in [0.3, 0.4) is 0 Å². The first kappa shape index (κ1) is 24.8. The molecule has 0 spiro atoms. The van der Waals surface area contributed by atoms with Crippen LogP contribution in [0.2, 0.25) is 0 Å². The molecule has 0 fully saturated rings. The molecule has 0 heterocycles. The fraction of sp³-hybridized carbons (Fsp3) is 0.429. The van der Waals surface area contributed by atoms with Gasteiger partial charge in [0.25, 0.3) is 0 Å². The van der Waals surface area contributed by atoms with Gasteiger partial charge in [-0.2, -0.15) is 0 Å². The molecule has 0 amide bonds. The Hall–Kier alpha value is 2.74. The van der Waals surface area contributed by atoms with Crippen LogP contribution >= 0.6 is 22.6 Å². The van der Waals surface area contributed by atoms with E-state index in [1.165, 1.54) is 6.92 Å². The van der Waals surface area contributed by atoms with E-state index in [1.807, 2.05) is 19.1 Å². The van der Waals surface area contributed by atoms with Crippen LogP contribution in [0.5, 0.6) is 0 Å². The van der Waals surface area contributed by atoms with Crippen molar-refractivity contribution in [2.45, 2.75) is 20.0 Å². The molecule has 0 aliphatic heterocycles. The third-order valence-corrected chi connectivity index (χ3v) is 1.52. The molecular formula is C7H10I3O2Sm-2. The number of rotatable bonds is 3. The molecule has 1 atom stereocenters. The summed E-state index contributed by atoms with van der Waals surface area (Å²) in [5.41, 5.74) is 0. The van der Waals surface area contributed by atoms with Gasteiger partial charge in [0.05, 0.1) is 4.43 Å². The van der Waals surface area contributed by atoms with Crippen LogP contribution in [0.25, 0.3) is 0 Å². The van der Waals surface area contributed by atoms with Crippen molar-refractivity contribution in [2.75, 3.05) is 0 Å². The zero-order valence-corrected chi connectivity index (χ0v) is 16.3. The van der Waals surface area contributed by atoms with E-state index < -0.39 is 0 Å². The summed E-state index contributed by atoms with van der Waals surface area (Å²) in [6.07, 6.45) is 3.49. The normalized spacial score (nSPS) is 10.4. The van der Waals surface area contributed by atoms with Crippen molar-refractivity contribution in [1.29, 1.82) is 0 Å². The molecular weight excluding hydrogens is 647 g/mol. The molecule has 1 radical (unpaired) electrons. The van der Waals surface area contributed by atoms with Gasteiger partial charge in [-0.1, -0.05) is 28.7 Å². The Morgan fingerprint density at radius 1 is 1.46 bits per heavy atom. The summed E-state index contributed by atoms with van der Waals surface area (Å²) in [7, 11) is 0. The van der Waals surface area contributed by atoms with Crippen LogP contribution in [0.1, 0.15) is 13.8 Å². The van der Waals surface area contributed by atoms with Gasteiger partial charge >= 0.3 is 5.97 Å². The number of esters is 1. The average Bonchev–Trinajstić information content (AvgIpc) is 1.86. The van der Waals surface area contributed by atoms with Gasteiger partial charge in [0.15, 0.2) is 0 Å². The first-order chi connectivity index (χ1) is 4.70. The Morgan fingerprint density at radius 3 is 2.15 bits per heavy atom. The summed E-state index contributed by atoms with van der Waals surface area (Å²) < 4.78 is 6.64. The Labute approximate surface area is 160 Å². The van der Waals surface area contributed by atoms with Gasteiger partial charge in [0.2, 0.25) is 0 Å². The molecule has 13 heavy (non-hydrogen) atoms. The van der Waals surface area contributed by atoms with Gasteiger partial charge in [0.1, 0.15) is 6.10 Å². The maximum absolute atomic E-state index is 10.4. The van der Waals surface area contributed by atoms with Crippen molar-refractivity contribution in [3.8, 4) is 0 Å². The molecule has 0 saturated carbocycles. The summed E-state index contributed by atoms with van der Waals surface area (Å²) >= 11 is 2.05. The number of ether oxygens (including phenoxy) is 1. The smallest absolute Gasteiger partial charge is 0.303 e. The standard InChI is InChI=1S/C7H10IO2.2HI.Sm/c1-3-4-7(5-8)10-6(2)9;;;/h3-5,7H,1-2H3;2*1H;/p-2/b4-3+;;;. The van der Waals surface area contributed by atoms with Gasteiger partial charge in [0, 0.05) is 47.3 Å². The second-order valence-electron chi connectivity index (χ2n) is 1.73. The molecule has 0 bridgehead atoms. The van der Waals surface area contributed by atoms with Gasteiger partial charge in [-0.25, -0.2) is 0 Å². The monoisotopic (exact) mass is 659 g/mol. The molecule has 6 heteroatoms. The summed E-state index contributed by atoms with van der Waals surface area (Å²) in [6.45, 7) is 3.28. The largest absolute Gasteiger partial charge is 1.00 e. The molecule has 0 rings (SSSR count). The first-order valence-electron chi connectivity index (χ1n) is 2.94. The first-order valence-corrected chi connectivity index (χ1v) is 4.19.